The van der Waals surface area contributed by atoms with E-state index in [-0.39, 0.29) is 24.3 Å². The summed E-state index contributed by atoms with van der Waals surface area (Å²) >= 11 is 0. The van der Waals surface area contributed by atoms with Gasteiger partial charge in [0.1, 0.15) is 11.6 Å². The molecule has 0 aliphatic carbocycles. The summed E-state index contributed by atoms with van der Waals surface area (Å²) in [5.74, 6) is -0.886. The topological polar surface area (TPSA) is 85.1 Å². The maximum absolute atomic E-state index is 13.6. The van der Waals surface area contributed by atoms with E-state index in [1.165, 1.54) is 24.3 Å². The summed E-state index contributed by atoms with van der Waals surface area (Å²) in [6.07, 6.45) is -6.26. The lowest BCUT2D eigenvalue weighted by Gasteiger charge is -2.18. The normalized spacial score (nSPS) is 14.6. The Balaban J connectivity index is 1.95. The molecule has 0 bridgehead atoms. The molecule has 3 aromatic rings. The predicted octanol–water partition coefficient (Wildman–Crippen LogP) is 7.45. The fraction of sp³-hybridized carbons (Fsp3) is 0.400. The highest BCUT2D eigenvalue weighted by atomic mass is 19.4. The first-order valence-electron chi connectivity index (χ1n) is 13.4. The van der Waals surface area contributed by atoms with Gasteiger partial charge < -0.3 is 21.1 Å². The minimum atomic E-state index is -4.55. The smallest absolute Gasteiger partial charge is 0.405 e. The number of hydrogen-bond donors (Lipinski definition) is 3. The number of aromatic nitrogens is 2. The van der Waals surface area contributed by atoms with Gasteiger partial charge in [-0.3, -0.25) is 0 Å². The van der Waals surface area contributed by atoms with Crippen molar-refractivity contribution in [3.8, 4) is 0 Å². The molecular formula is C30H35F6N5O. The van der Waals surface area contributed by atoms with E-state index >= 15 is 0 Å². The molecule has 1 heterocycles. The Kier molecular flexibility index (Phi) is 11.0. The summed E-state index contributed by atoms with van der Waals surface area (Å²) in [5.41, 5.74) is 5.85. The van der Waals surface area contributed by atoms with Gasteiger partial charge in [0.15, 0.2) is 0 Å². The van der Waals surface area contributed by atoms with E-state index in [4.69, 9.17) is 10.5 Å². The molecule has 6 nitrogen and oxygen atoms in total. The van der Waals surface area contributed by atoms with Gasteiger partial charge in [-0.1, -0.05) is 24.3 Å². The Hall–Kier alpha value is -3.64. The summed E-state index contributed by atoms with van der Waals surface area (Å²) in [4.78, 5) is 9.18. The standard InChI is InChI=1S/C30H35F6N5O/c1-18(2)42-19(3)16-38-17-27-40-26-15-21(14-23(6-5-13-37)30(34,35)36)7-12-25(26)28(41-27)39-24-10-8-22(9-11-24)20(4)29(31,32)33/h5-13,15,18-20,38H,14,16-17,37H2,1-4H3,(H,39,40,41)/b13-5-,23-6+. The Morgan fingerprint density at radius 2 is 1.67 bits per heavy atom. The largest absolute Gasteiger partial charge is 0.413 e. The molecule has 3 rings (SSSR count). The number of nitrogens with zero attached hydrogens (tertiary/aromatic N) is 2. The van der Waals surface area contributed by atoms with Crippen molar-refractivity contribution in [1.29, 1.82) is 0 Å². The molecule has 1 aromatic heterocycles. The predicted molar refractivity (Wildman–Crippen MR) is 152 cm³/mol. The fourth-order valence-electron chi connectivity index (χ4n) is 4.23. The number of anilines is 2. The number of nitrogens with two attached hydrogens (primary N) is 1. The maximum Gasteiger partial charge on any atom is 0.413 e. The highest BCUT2D eigenvalue weighted by Crippen LogP contribution is 2.35. The van der Waals surface area contributed by atoms with Gasteiger partial charge in [0.25, 0.3) is 0 Å². The molecular weight excluding hydrogens is 560 g/mol. The van der Waals surface area contributed by atoms with Crippen molar-refractivity contribution in [3.05, 3.63) is 83.3 Å². The second kappa shape index (κ2) is 14.0. The first kappa shape index (κ1) is 32.9. The third-order valence-electron chi connectivity index (χ3n) is 6.36. The minimum Gasteiger partial charge on any atom is -0.405 e. The SMILES string of the molecule is CC(C)OC(C)CNCc1nc(Nc2ccc(C(C)C(F)(F)F)cc2)c2ccc(C/C(=C\C=C/N)C(F)(F)F)cc2n1. The van der Waals surface area contributed by atoms with E-state index in [0.29, 0.717) is 40.3 Å². The monoisotopic (exact) mass is 595 g/mol. The number of rotatable bonds is 12. The van der Waals surface area contributed by atoms with Gasteiger partial charge in [-0.05, 0) is 75.4 Å². The second-order valence-corrected chi connectivity index (χ2v) is 10.2. The average molecular weight is 596 g/mol. The molecule has 0 saturated carbocycles. The lowest BCUT2D eigenvalue weighted by molar-refractivity contribution is -0.146. The first-order chi connectivity index (χ1) is 19.7. The van der Waals surface area contributed by atoms with Crippen LogP contribution in [0.3, 0.4) is 0 Å². The zero-order valence-electron chi connectivity index (χ0n) is 23.8. The second-order valence-electron chi connectivity index (χ2n) is 10.2. The summed E-state index contributed by atoms with van der Waals surface area (Å²) < 4.78 is 85.9. The van der Waals surface area contributed by atoms with Crippen molar-refractivity contribution in [2.24, 2.45) is 5.73 Å². The number of ether oxygens (including phenoxy) is 1. The number of nitrogens with one attached hydrogen (secondary N) is 2. The summed E-state index contributed by atoms with van der Waals surface area (Å²) in [6, 6.07) is 10.6. The van der Waals surface area contributed by atoms with E-state index in [9.17, 15) is 26.3 Å². The van der Waals surface area contributed by atoms with Crippen LogP contribution in [0, 0.1) is 0 Å². The molecule has 2 atom stereocenters. The summed E-state index contributed by atoms with van der Waals surface area (Å²) in [5, 5.41) is 6.89. The third kappa shape index (κ3) is 9.45. The van der Waals surface area contributed by atoms with E-state index in [1.807, 2.05) is 20.8 Å². The number of hydrogen-bond acceptors (Lipinski definition) is 6. The summed E-state index contributed by atoms with van der Waals surface area (Å²) in [7, 11) is 0. The van der Waals surface area contributed by atoms with Crippen molar-refractivity contribution < 1.29 is 31.1 Å². The molecule has 0 amide bonds. The number of benzene rings is 2. The van der Waals surface area contributed by atoms with E-state index in [0.717, 1.165) is 25.3 Å². The van der Waals surface area contributed by atoms with Crippen LogP contribution in [0.25, 0.3) is 10.9 Å². The molecule has 0 saturated heterocycles. The van der Waals surface area contributed by atoms with Gasteiger partial charge >= 0.3 is 12.4 Å². The minimum absolute atomic E-state index is 0.0504. The lowest BCUT2D eigenvalue weighted by atomic mass is 10.0. The molecule has 228 valence electrons. The first-order valence-corrected chi connectivity index (χ1v) is 13.4. The van der Waals surface area contributed by atoms with Gasteiger partial charge in [0.05, 0.1) is 30.2 Å². The van der Waals surface area contributed by atoms with Gasteiger partial charge in [0.2, 0.25) is 0 Å². The van der Waals surface area contributed by atoms with Crippen LogP contribution in [0.4, 0.5) is 37.8 Å². The number of allylic oxidation sites excluding steroid dienone is 3. The molecule has 42 heavy (non-hydrogen) atoms. The zero-order valence-corrected chi connectivity index (χ0v) is 23.8. The molecule has 0 spiro atoms. The zero-order chi connectivity index (χ0) is 31.1. The van der Waals surface area contributed by atoms with Gasteiger partial charge in [0, 0.05) is 29.6 Å². The Morgan fingerprint density at radius 1 is 0.976 bits per heavy atom. The molecule has 0 radical (unpaired) electrons. The van der Waals surface area contributed by atoms with Crippen molar-refractivity contribution in [2.45, 2.75) is 71.1 Å². The lowest BCUT2D eigenvalue weighted by Crippen LogP contribution is -2.29. The average Bonchev–Trinajstić information content (AvgIpc) is 2.89. The van der Waals surface area contributed by atoms with Crippen molar-refractivity contribution in [3.63, 3.8) is 0 Å². The van der Waals surface area contributed by atoms with Crippen LogP contribution in [0.15, 0.2) is 66.4 Å². The Labute approximate surface area is 241 Å². The molecule has 2 aromatic carbocycles. The third-order valence-corrected chi connectivity index (χ3v) is 6.36. The van der Waals surface area contributed by atoms with Gasteiger partial charge in [-0.15, -0.1) is 0 Å². The highest BCUT2D eigenvalue weighted by Gasteiger charge is 2.37. The van der Waals surface area contributed by atoms with Crippen LogP contribution in [0.1, 0.15) is 50.6 Å². The molecule has 4 N–H and O–H groups in total. The van der Waals surface area contributed by atoms with E-state index < -0.39 is 30.3 Å². The van der Waals surface area contributed by atoms with Crippen LogP contribution in [0.5, 0.6) is 0 Å². The van der Waals surface area contributed by atoms with E-state index in [2.05, 4.69) is 20.6 Å². The van der Waals surface area contributed by atoms with Crippen LogP contribution in [-0.4, -0.2) is 41.1 Å². The maximum atomic E-state index is 13.6. The van der Waals surface area contributed by atoms with Crippen LogP contribution in [0.2, 0.25) is 0 Å². The van der Waals surface area contributed by atoms with Crippen LogP contribution in [-0.2, 0) is 17.7 Å². The summed E-state index contributed by atoms with van der Waals surface area (Å²) in [6.45, 7) is 7.63. The van der Waals surface area contributed by atoms with Crippen molar-refractivity contribution in [1.82, 2.24) is 15.3 Å². The quantitative estimate of drug-likeness (QED) is 0.149. The molecule has 0 aliphatic rings. The Morgan fingerprint density at radius 3 is 2.26 bits per heavy atom. The van der Waals surface area contributed by atoms with Crippen molar-refractivity contribution >= 4 is 22.4 Å². The molecule has 2 unspecified atom stereocenters. The number of alkyl halides is 6. The fourth-order valence-corrected chi connectivity index (χ4v) is 4.23. The molecule has 0 aliphatic heterocycles. The Bertz CT molecular complexity index is 1380. The highest BCUT2D eigenvalue weighted by molar-refractivity contribution is 5.91. The van der Waals surface area contributed by atoms with Crippen LogP contribution >= 0.6 is 0 Å². The number of fused-ring (bicyclic) bond motifs is 1. The van der Waals surface area contributed by atoms with E-state index in [1.54, 1.807) is 18.2 Å². The molecule has 12 heteroatoms. The number of halogens is 6. The van der Waals surface area contributed by atoms with Gasteiger partial charge in [-0.2, -0.15) is 26.3 Å². The van der Waals surface area contributed by atoms with Crippen LogP contribution < -0.4 is 16.4 Å². The van der Waals surface area contributed by atoms with Gasteiger partial charge in [-0.25, -0.2) is 9.97 Å². The molecule has 0 fully saturated rings. The van der Waals surface area contributed by atoms with Crippen molar-refractivity contribution in [2.75, 3.05) is 11.9 Å².